The van der Waals surface area contributed by atoms with E-state index in [1.165, 1.54) is 11.1 Å². The summed E-state index contributed by atoms with van der Waals surface area (Å²) in [6.45, 7) is 2.10. The summed E-state index contributed by atoms with van der Waals surface area (Å²) in [4.78, 5) is 4.81. The summed E-state index contributed by atoms with van der Waals surface area (Å²) in [6.07, 6.45) is 1.68. The second-order valence-corrected chi connectivity index (χ2v) is 6.89. The lowest BCUT2D eigenvalue weighted by Gasteiger charge is -2.09. The van der Waals surface area contributed by atoms with Gasteiger partial charge in [-0.15, -0.1) is 0 Å². The average Bonchev–Trinajstić information content (AvgIpc) is 3.17. The quantitative estimate of drug-likeness (QED) is 0.387. The van der Waals surface area contributed by atoms with Crippen molar-refractivity contribution in [3.8, 4) is 33.8 Å². The van der Waals surface area contributed by atoms with E-state index in [0.717, 1.165) is 32.7 Å². The lowest BCUT2D eigenvalue weighted by Crippen LogP contribution is -1.90. The first-order valence-electron chi connectivity index (χ1n) is 8.08. The van der Waals surface area contributed by atoms with E-state index >= 15 is 0 Å². The fourth-order valence-corrected chi connectivity index (χ4v) is 3.03. The lowest BCUT2D eigenvalue weighted by atomic mass is 10.0. The highest BCUT2D eigenvalue weighted by atomic mass is 79.9. The zero-order chi connectivity index (χ0) is 17.2. The van der Waals surface area contributed by atoms with Crippen molar-refractivity contribution >= 4 is 15.9 Å². The van der Waals surface area contributed by atoms with Gasteiger partial charge in [-0.1, -0.05) is 57.9 Å². The molecule has 0 aliphatic heterocycles. The number of rotatable bonds is 3. The van der Waals surface area contributed by atoms with Crippen molar-refractivity contribution in [3.63, 3.8) is 0 Å². The molecule has 0 saturated heterocycles. The Kier molecular flexibility index (Phi) is 4.24. The predicted molar refractivity (Wildman–Crippen MR) is 105 cm³/mol. The minimum absolute atomic E-state index is 0.771. The van der Waals surface area contributed by atoms with Gasteiger partial charge in [0, 0.05) is 10.0 Å². The fraction of sp³-hybridized carbons (Fsp3) is 0.0455. The molecule has 2 aromatic heterocycles. The second-order valence-electron chi connectivity index (χ2n) is 5.98. The maximum absolute atomic E-state index is 5.57. The summed E-state index contributed by atoms with van der Waals surface area (Å²) in [5.41, 5.74) is 6.37. The van der Waals surface area contributed by atoms with Crippen LogP contribution in [0.3, 0.4) is 0 Å². The van der Waals surface area contributed by atoms with Crippen molar-refractivity contribution < 1.29 is 4.42 Å². The standard InChI is InChI=1S/C22H16BrNO/c1-15-4-6-16(7-5-15)18-13-20(17-8-10-19(23)11-9-17)24-21(14-18)22-3-2-12-25-22/h2-14H,1H3. The van der Waals surface area contributed by atoms with Crippen molar-refractivity contribution in [2.75, 3.05) is 0 Å². The Morgan fingerprint density at radius 1 is 0.760 bits per heavy atom. The number of halogens is 1. The number of hydrogen-bond acceptors (Lipinski definition) is 2. The molecule has 25 heavy (non-hydrogen) atoms. The van der Waals surface area contributed by atoms with Crippen LogP contribution < -0.4 is 0 Å². The molecule has 2 nitrogen and oxygen atoms in total. The molecule has 0 unspecified atom stereocenters. The summed E-state index contributed by atoms with van der Waals surface area (Å²) in [5.74, 6) is 0.771. The highest BCUT2D eigenvalue weighted by molar-refractivity contribution is 9.10. The van der Waals surface area contributed by atoms with E-state index in [0.29, 0.717) is 0 Å². The van der Waals surface area contributed by atoms with Crippen LogP contribution in [0.1, 0.15) is 5.56 Å². The van der Waals surface area contributed by atoms with E-state index in [1.54, 1.807) is 6.26 Å². The van der Waals surface area contributed by atoms with E-state index in [4.69, 9.17) is 9.40 Å². The zero-order valence-corrected chi connectivity index (χ0v) is 15.3. The van der Waals surface area contributed by atoms with E-state index in [1.807, 2.05) is 24.3 Å². The molecule has 0 amide bonds. The van der Waals surface area contributed by atoms with Crippen molar-refractivity contribution in [1.29, 1.82) is 0 Å². The van der Waals surface area contributed by atoms with Crippen LogP contribution in [-0.2, 0) is 0 Å². The van der Waals surface area contributed by atoms with Gasteiger partial charge >= 0.3 is 0 Å². The van der Waals surface area contributed by atoms with Gasteiger partial charge in [0.1, 0.15) is 5.69 Å². The van der Waals surface area contributed by atoms with Gasteiger partial charge in [-0.2, -0.15) is 0 Å². The molecular weight excluding hydrogens is 374 g/mol. The van der Waals surface area contributed by atoms with Crippen molar-refractivity contribution in [2.24, 2.45) is 0 Å². The molecule has 0 atom stereocenters. The Morgan fingerprint density at radius 2 is 1.44 bits per heavy atom. The van der Waals surface area contributed by atoms with Crippen LogP contribution in [0.5, 0.6) is 0 Å². The number of nitrogens with zero attached hydrogens (tertiary/aromatic N) is 1. The summed E-state index contributed by atoms with van der Waals surface area (Å²) < 4.78 is 6.62. The average molecular weight is 390 g/mol. The van der Waals surface area contributed by atoms with Crippen molar-refractivity contribution in [3.05, 3.63) is 89.1 Å². The highest BCUT2D eigenvalue weighted by Crippen LogP contribution is 2.31. The van der Waals surface area contributed by atoms with Crippen LogP contribution in [0, 0.1) is 6.92 Å². The summed E-state index contributed by atoms with van der Waals surface area (Å²) in [6, 6.07) is 24.7. The SMILES string of the molecule is Cc1ccc(-c2cc(-c3ccc(Br)cc3)nc(-c3ccco3)c2)cc1. The Balaban J connectivity index is 1.88. The number of pyridine rings is 1. The zero-order valence-electron chi connectivity index (χ0n) is 13.7. The van der Waals surface area contributed by atoms with Gasteiger partial charge in [-0.3, -0.25) is 0 Å². The van der Waals surface area contributed by atoms with E-state index in [9.17, 15) is 0 Å². The molecule has 0 aliphatic carbocycles. The van der Waals surface area contributed by atoms with Gasteiger partial charge in [0.25, 0.3) is 0 Å². The molecule has 0 N–H and O–H groups in total. The minimum Gasteiger partial charge on any atom is -0.463 e. The van der Waals surface area contributed by atoms with Crippen molar-refractivity contribution in [2.45, 2.75) is 6.92 Å². The predicted octanol–water partition coefficient (Wildman–Crippen LogP) is 6.75. The van der Waals surface area contributed by atoms with Crippen LogP contribution in [0.2, 0.25) is 0 Å². The molecule has 3 heteroatoms. The third-order valence-corrected chi connectivity index (χ3v) is 4.65. The van der Waals surface area contributed by atoms with Gasteiger partial charge in [0.15, 0.2) is 5.76 Å². The number of aryl methyl sites for hydroxylation is 1. The maximum atomic E-state index is 5.57. The van der Waals surface area contributed by atoms with Gasteiger partial charge < -0.3 is 4.42 Å². The van der Waals surface area contributed by atoms with Crippen LogP contribution >= 0.6 is 15.9 Å². The molecule has 122 valence electrons. The van der Waals surface area contributed by atoms with Gasteiger partial charge in [-0.25, -0.2) is 4.98 Å². The fourth-order valence-electron chi connectivity index (χ4n) is 2.76. The van der Waals surface area contributed by atoms with Crippen LogP contribution in [0.25, 0.3) is 33.8 Å². The first kappa shape index (κ1) is 15.9. The monoisotopic (exact) mass is 389 g/mol. The summed E-state index contributed by atoms with van der Waals surface area (Å²) >= 11 is 3.49. The highest BCUT2D eigenvalue weighted by Gasteiger charge is 2.10. The van der Waals surface area contributed by atoms with E-state index < -0.39 is 0 Å². The number of hydrogen-bond donors (Lipinski definition) is 0. The topological polar surface area (TPSA) is 26.0 Å². The Labute approximate surface area is 155 Å². The third-order valence-electron chi connectivity index (χ3n) is 4.12. The normalized spacial score (nSPS) is 10.8. The van der Waals surface area contributed by atoms with Gasteiger partial charge in [0.2, 0.25) is 0 Å². The Bertz CT molecular complexity index is 924. The molecule has 0 bridgehead atoms. The molecule has 2 aromatic carbocycles. The van der Waals surface area contributed by atoms with E-state index in [-0.39, 0.29) is 0 Å². The number of furan rings is 1. The van der Waals surface area contributed by atoms with Crippen LogP contribution in [0.15, 0.2) is 87.9 Å². The van der Waals surface area contributed by atoms with Crippen LogP contribution in [0.4, 0.5) is 0 Å². The van der Waals surface area contributed by atoms with Crippen molar-refractivity contribution in [1.82, 2.24) is 4.98 Å². The van der Waals surface area contributed by atoms with E-state index in [2.05, 4.69) is 71.4 Å². The van der Waals surface area contributed by atoms with Gasteiger partial charge in [0.05, 0.1) is 12.0 Å². The Hall–Kier alpha value is -2.65. The molecule has 0 fully saturated rings. The first-order valence-corrected chi connectivity index (χ1v) is 8.87. The molecule has 0 aliphatic rings. The molecule has 4 aromatic rings. The largest absolute Gasteiger partial charge is 0.463 e. The maximum Gasteiger partial charge on any atom is 0.152 e. The molecule has 4 rings (SSSR count). The smallest absolute Gasteiger partial charge is 0.152 e. The van der Waals surface area contributed by atoms with Gasteiger partial charge in [-0.05, 0) is 54.4 Å². The number of aromatic nitrogens is 1. The number of benzene rings is 2. The molecule has 2 heterocycles. The first-order chi connectivity index (χ1) is 12.2. The third kappa shape index (κ3) is 3.42. The molecule has 0 saturated carbocycles. The second kappa shape index (κ2) is 6.69. The molecule has 0 spiro atoms. The molecule has 0 radical (unpaired) electrons. The summed E-state index contributed by atoms with van der Waals surface area (Å²) in [5, 5.41) is 0. The molecular formula is C22H16BrNO. The minimum atomic E-state index is 0.771. The summed E-state index contributed by atoms with van der Waals surface area (Å²) in [7, 11) is 0. The Morgan fingerprint density at radius 3 is 2.12 bits per heavy atom. The van der Waals surface area contributed by atoms with Crippen LogP contribution in [-0.4, -0.2) is 4.98 Å². The lowest BCUT2D eigenvalue weighted by molar-refractivity contribution is 0.580.